The molecule has 0 saturated carbocycles. The Balaban J connectivity index is 1.70. The fraction of sp³-hybridized carbons (Fsp3) is 0.0476. The highest BCUT2D eigenvalue weighted by atomic mass is 79.9. The highest BCUT2D eigenvalue weighted by Crippen LogP contribution is 2.24. The van der Waals surface area contributed by atoms with Gasteiger partial charge < -0.3 is 5.32 Å². The first-order chi connectivity index (χ1) is 14.0. The molecule has 1 amide bonds. The number of pyridine rings is 1. The lowest BCUT2D eigenvalue weighted by atomic mass is 10.1. The van der Waals surface area contributed by atoms with Gasteiger partial charge in [-0.1, -0.05) is 6.07 Å². The van der Waals surface area contributed by atoms with Crippen LogP contribution < -0.4 is 5.32 Å². The molecule has 0 unspecified atom stereocenters. The van der Waals surface area contributed by atoms with E-state index in [0.717, 1.165) is 5.56 Å². The molecule has 0 aliphatic heterocycles. The van der Waals surface area contributed by atoms with Gasteiger partial charge in [0.25, 0.3) is 5.91 Å². The first-order valence-electron chi connectivity index (χ1n) is 8.61. The van der Waals surface area contributed by atoms with Crippen molar-refractivity contribution in [1.29, 1.82) is 5.26 Å². The third-order valence-electron chi connectivity index (χ3n) is 4.38. The molecule has 8 heteroatoms. The van der Waals surface area contributed by atoms with Crippen LogP contribution in [-0.4, -0.2) is 20.7 Å². The van der Waals surface area contributed by atoms with Crippen LogP contribution in [-0.2, 0) is 6.54 Å². The molecule has 4 aromatic rings. The van der Waals surface area contributed by atoms with E-state index in [2.05, 4.69) is 37.4 Å². The van der Waals surface area contributed by atoms with Crippen molar-refractivity contribution >= 4 is 32.7 Å². The Kier molecular flexibility index (Phi) is 5.06. The molecule has 0 aliphatic carbocycles. The molecule has 0 bridgehead atoms. The summed E-state index contributed by atoms with van der Waals surface area (Å²) in [5.74, 6) is -0.681. The zero-order chi connectivity index (χ0) is 20.4. The summed E-state index contributed by atoms with van der Waals surface area (Å²) in [6.45, 7) is 0.295. The fourth-order valence-electron chi connectivity index (χ4n) is 2.96. The summed E-state index contributed by atoms with van der Waals surface area (Å²) in [6, 6.07) is 14.7. The number of aromatic nitrogens is 3. The Hall–Kier alpha value is -3.57. The summed E-state index contributed by atoms with van der Waals surface area (Å²) < 4.78 is 15.5. The van der Waals surface area contributed by atoms with Gasteiger partial charge in [0.1, 0.15) is 10.4 Å². The number of carbonyl (C=O) groups excluding carboxylic acids is 1. The van der Waals surface area contributed by atoms with Gasteiger partial charge in [-0.3, -0.25) is 4.79 Å². The van der Waals surface area contributed by atoms with Crippen LogP contribution in [0, 0.1) is 17.1 Å². The zero-order valence-corrected chi connectivity index (χ0v) is 16.5. The van der Waals surface area contributed by atoms with Crippen LogP contribution in [0.3, 0.4) is 0 Å². The molecule has 0 radical (unpaired) electrons. The minimum absolute atomic E-state index is 0.295. The van der Waals surface area contributed by atoms with E-state index in [1.165, 1.54) is 18.2 Å². The molecule has 1 N–H and O–H groups in total. The van der Waals surface area contributed by atoms with Crippen LogP contribution in [0.4, 0.5) is 4.39 Å². The van der Waals surface area contributed by atoms with Gasteiger partial charge in [-0.25, -0.2) is 14.1 Å². The number of nitrogens with zero attached hydrogens (tertiary/aromatic N) is 4. The van der Waals surface area contributed by atoms with Crippen molar-refractivity contribution in [3.05, 3.63) is 88.0 Å². The predicted molar refractivity (Wildman–Crippen MR) is 109 cm³/mol. The minimum Gasteiger partial charge on any atom is -0.348 e. The number of halogens is 2. The summed E-state index contributed by atoms with van der Waals surface area (Å²) in [5.41, 5.74) is 2.74. The second-order valence-corrected chi connectivity index (χ2v) is 7.09. The van der Waals surface area contributed by atoms with Crippen LogP contribution >= 0.6 is 15.9 Å². The van der Waals surface area contributed by atoms with E-state index < -0.39 is 0 Å². The number of carbonyl (C=O) groups is 1. The average molecular weight is 450 g/mol. The van der Waals surface area contributed by atoms with Crippen molar-refractivity contribution in [2.24, 2.45) is 0 Å². The second-order valence-electron chi connectivity index (χ2n) is 6.27. The molecule has 142 valence electrons. The van der Waals surface area contributed by atoms with E-state index in [1.807, 2.05) is 6.07 Å². The molecular formula is C21H13BrFN5O. The first kappa shape index (κ1) is 18.8. The lowest BCUT2D eigenvalue weighted by molar-refractivity contribution is 0.0952. The van der Waals surface area contributed by atoms with E-state index in [4.69, 9.17) is 0 Å². The number of nitriles is 1. The standard InChI is InChI=1S/C21H13BrFN5O/c22-20-6-1-13(10-25-20)11-26-21(29)17-7-14(9-24)8-19-18(17)12-27-28(19)16-4-2-15(23)3-5-16/h1-8,10,12H,11H2,(H,26,29). The molecular weight excluding hydrogens is 437 g/mol. The van der Waals surface area contributed by atoms with Gasteiger partial charge in [-0.15, -0.1) is 0 Å². The normalized spacial score (nSPS) is 10.7. The van der Waals surface area contributed by atoms with Crippen molar-refractivity contribution in [3.63, 3.8) is 0 Å². The van der Waals surface area contributed by atoms with E-state index in [-0.39, 0.29) is 11.7 Å². The van der Waals surface area contributed by atoms with Gasteiger partial charge >= 0.3 is 0 Å². The van der Waals surface area contributed by atoms with Gasteiger partial charge in [0.15, 0.2) is 0 Å². The average Bonchev–Trinajstić information content (AvgIpc) is 3.17. The summed E-state index contributed by atoms with van der Waals surface area (Å²) in [7, 11) is 0. The largest absolute Gasteiger partial charge is 0.348 e. The Bertz CT molecular complexity index is 1240. The Labute approximate surface area is 173 Å². The Morgan fingerprint density at radius 2 is 1.97 bits per heavy atom. The number of hydrogen-bond acceptors (Lipinski definition) is 4. The molecule has 29 heavy (non-hydrogen) atoms. The molecule has 0 fully saturated rings. The quantitative estimate of drug-likeness (QED) is 0.474. The summed E-state index contributed by atoms with van der Waals surface area (Å²) >= 11 is 3.27. The van der Waals surface area contributed by atoms with Crippen molar-refractivity contribution in [1.82, 2.24) is 20.1 Å². The molecule has 2 aromatic carbocycles. The highest BCUT2D eigenvalue weighted by molar-refractivity contribution is 9.10. The highest BCUT2D eigenvalue weighted by Gasteiger charge is 2.16. The van der Waals surface area contributed by atoms with Crippen LogP contribution in [0.1, 0.15) is 21.5 Å². The smallest absolute Gasteiger partial charge is 0.252 e. The number of nitrogens with one attached hydrogen (secondary N) is 1. The van der Waals surface area contributed by atoms with Crippen molar-refractivity contribution in [2.75, 3.05) is 0 Å². The predicted octanol–water partition coefficient (Wildman–Crippen LogP) is 4.12. The van der Waals surface area contributed by atoms with Gasteiger partial charge in [-0.05, 0) is 64.0 Å². The maximum Gasteiger partial charge on any atom is 0.252 e. The van der Waals surface area contributed by atoms with Gasteiger partial charge in [0.05, 0.1) is 34.6 Å². The van der Waals surface area contributed by atoms with E-state index >= 15 is 0 Å². The number of benzene rings is 2. The van der Waals surface area contributed by atoms with Crippen molar-refractivity contribution < 1.29 is 9.18 Å². The molecule has 6 nitrogen and oxygen atoms in total. The number of fused-ring (bicyclic) bond motifs is 1. The van der Waals surface area contributed by atoms with Crippen LogP contribution in [0.2, 0.25) is 0 Å². The maximum absolute atomic E-state index is 13.2. The second kappa shape index (κ2) is 7.81. The lowest BCUT2D eigenvalue weighted by Gasteiger charge is -2.08. The lowest BCUT2D eigenvalue weighted by Crippen LogP contribution is -2.23. The molecule has 2 aromatic heterocycles. The van der Waals surface area contributed by atoms with Gasteiger partial charge in [0.2, 0.25) is 0 Å². The monoisotopic (exact) mass is 449 g/mol. The Morgan fingerprint density at radius 1 is 1.17 bits per heavy atom. The maximum atomic E-state index is 13.2. The number of amides is 1. The van der Waals surface area contributed by atoms with Crippen LogP contribution in [0.5, 0.6) is 0 Å². The SMILES string of the molecule is N#Cc1cc(C(=O)NCc2ccc(Br)nc2)c2cnn(-c3ccc(F)cc3)c2c1. The topological polar surface area (TPSA) is 83.6 Å². The third kappa shape index (κ3) is 3.86. The van der Waals surface area contributed by atoms with Crippen molar-refractivity contribution in [3.8, 4) is 11.8 Å². The van der Waals surface area contributed by atoms with E-state index in [1.54, 1.807) is 41.3 Å². The summed E-state index contributed by atoms with van der Waals surface area (Å²) in [5, 5.41) is 17.2. The fourth-order valence-corrected chi connectivity index (χ4v) is 3.19. The van der Waals surface area contributed by atoms with Crippen LogP contribution in [0.25, 0.3) is 16.6 Å². The Morgan fingerprint density at radius 3 is 2.66 bits per heavy atom. The zero-order valence-electron chi connectivity index (χ0n) is 14.9. The number of rotatable bonds is 4. The third-order valence-corrected chi connectivity index (χ3v) is 4.84. The van der Waals surface area contributed by atoms with Gasteiger partial charge in [0, 0.05) is 18.1 Å². The molecule has 0 saturated heterocycles. The summed E-state index contributed by atoms with van der Waals surface area (Å²) in [4.78, 5) is 17.0. The molecule has 2 heterocycles. The molecule has 4 rings (SSSR count). The van der Waals surface area contributed by atoms with Crippen LogP contribution in [0.15, 0.2) is 65.5 Å². The minimum atomic E-state index is -0.356. The molecule has 0 spiro atoms. The van der Waals surface area contributed by atoms with Gasteiger partial charge in [-0.2, -0.15) is 10.4 Å². The molecule has 0 atom stereocenters. The molecule has 0 aliphatic rings. The number of hydrogen-bond donors (Lipinski definition) is 1. The summed E-state index contributed by atoms with van der Waals surface area (Å²) in [6.07, 6.45) is 3.23. The van der Waals surface area contributed by atoms with Crippen molar-refractivity contribution in [2.45, 2.75) is 6.54 Å². The van der Waals surface area contributed by atoms with E-state index in [9.17, 15) is 14.4 Å². The first-order valence-corrected chi connectivity index (χ1v) is 9.41. The van der Waals surface area contributed by atoms with E-state index in [0.29, 0.717) is 38.9 Å².